The zero-order valence-electron chi connectivity index (χ0n) is 13.4. The molecule has 2 rings (SSSR count). The van der Waals surface area contributed by atoms with E-state index in [1.54, 1.807) is 19.1 Å². The first kappa shape index (κ1) is 17.3. The molecule has 23 heavy (non-hydrogen) atoms. The van der Waals surface area contributed by atoms with Crippen molar-refractivity contribution in [2.75, 3.05) is 4.31 Å². The number of benzene rings is 1. The Balaban J connectivity index is 2.26. The molecule has 0 spiro atoms. The lowest BCUT2D eigenvalue weighted by Gasteiger charge is -2.35. The van der Waals surface area contributed by atoms with Crippen LogP contribution in [0.5, 0.6) is 0 Å². The smallest absolute Gasteiger partial charge is 0.326 e. The van der Waals surface area contributed by atoms with Crippen LogP contribution in [-0.2, 0) is 26.2 Å². The lowest BCUT2D eigenvalue weighted by Crippen LogP contribution is -2.53. The Kier molecular flexibility index (Phi) is 4.93. The standard InChI is InChI=1S/C15H21N3O4S/c1-10-8-9-13-6-4-5-7-14(13)18(10)23(21,22)17-15(20)11(2)16-12(3)19/h4-7,10-11H,8-9H2,1-3H3,(H,16,19)(H,17,20)/t10-,11-/m1/s1. The molecule has 0 aromatic heterocycles. The summed E-state index contributed by atoms with van der Waals surface area (Å²) in [5.41, 5.74) is 1.51. The normalized spacial score (nSPS) is 18.7. The lowest BCUT2D eigenvalue weighted by molar-refractivity contribution is -0.126. The number of carbonyl (C=O) groups is 2. The first-order valence-electron chi connectivity index (χ1n) is 7.43. The summed E-state index contributed by atoms with van der Waals surface area (Å²) in [5, 5.41) is 2.36. The molecule has 0 bridgehead atoms. The molecule has 0 saturated heterocycles. The van der Waals surface area contributed by atoms with E-state index in [1.807, 2.05) is 16.9 Å². The van der Waals surface area contributed by atoms with Gasteiger partial charge >= 0.3 is 10.2 Å². The molecule has 2 amide bonds. The van der Waals surface area contributed by atoms with Crippen molar-refractivity contribution in [2.24, 2.45) is 0 Å². The van der Waals surface area contributed by atoms with Crippen LogP contribution in [0.4, 0.5) is 5.69 Å². The number of nitrogens with zero attached hydrogens (tertiary/aromatic N) is 1. The number of anilines is 1. The topological polar surface area (TPSA) is 95.6 Å². The minimum absolute atomic E-state index is 0.258. The first-order chi connectivity index (χ1) is 10.7. The van der Waals surface area contributed by atoms with Crippen molar-refractivity contribution in [2.45, 2.75) is 45.7 Å². The summed E-state index contributed by atoms with van der Waals surface area (Å²) < 4.78 is 28.6. The van der Waals surface area contributed by atoms with Gasteiger partial charge in [0.25, 0.3) is 5.91 Å². The fourth-order valence-corrected chi connectivity index (χ4v) is 4.20. The molecular weight excluding hydrogens is 318 g/mol. The SMILES string of the molecule is CC(=O)N[C@H](C)C(=O)NS(=O)(=O)N1c2ccccc2CC[C@H]1C. The zero-order chi connectivity index (χ0) is 17.2. The van der Waals surface area contributed by atoms with Crippen LogP contribution in [0.1, 0.15) is 32.8 Å². The van der Waals surface area contributed by atoms with Crippen LogP contribution in [0.15, 0.2) is 24.3 Å². The highest BCUT2D eigenvalue weighted by molar-refractivity contribution is 7.91. The van der Waals surface area contributed by atoms with Gasteiger partial charge in [-0.15, -0.1) is 0 Å². The van der Waals surface area contributed by atoms with Gasteiger partial charge in [0.1, 0.15) is 6.04 Å². The summed E-state index contributed by atoms with van der Waals surface area (Å²) in [7, 11) is -4.04. The van der Waals surface area contributed by atoms with Crippen LogP contribution >= 0.6 is 0 Å². The molecular formula is C15H21N3O4S. The van der Waals surface area contributed by atoms with E-state index in [0.29, 0.717) is 12.1 Å². The van der Waals surface area contributed by atoms with E-state index >= 15 is 0 Å². The number of carbonyl (C=O) groups excluding carboxylic acids is 2. The first-order valence-corrected chi connectivity index (χ1v) is 8.87. The van der Waals surface area contributed by atoms with Crippen molar-refractivity contribution in [1.82, 2.24) is 10.0 Å². The van der Waals surface area contributed by atoms with Crippen LogP contribution in [0.25, 0.3) is 0 Å². The van der Waals surface area contributed by atoms with Crippen molar-refractivity contribution >= 4 is 27.7 Å². The highest BCUT2D eigenvalue weighted by Crippen LogP contribution is 2.32. The van der Waals surface area contributed by atoms with Crippen molar-refractivity contribution in [3.8, 4) is 0 Å². The van der Waals surface area contributed by atoms with Gasteiger partial charge in [0.2, 0.25) is 5.91 Å². The Labute approximate surface area is 136 Å². The third kappa shape index (κ3) is 3.82. The molecule has 2 atom stereocenters. The minimum atomic E-state index is -4.04. The molecule has 0 unspecified atom stereocenters. The molecule has 1 heterocycles. The molecule has 0 radical (unpaired) electrons. The molecule has 1 aliphatic rings. The molecule has 7 nitrogen and oxygen atoms in total. The minimum Gasteiger partial charge on any atom is -0.345 e. The van der Waals surface area contributed by atoms with Crippen molar-refractivity contribution in [1.29, 1.82) is 0 Å². The van der Waals surface area contributed by atoms with E-state index < -0.39 is 28.1 Å². The van der Waals surface area contributed by atoms with Crippen molar-refractivity contribution < 1.29 is 18.0 Å². The van der Waals surface area contributed by atoms with Crippen LogP contribution < -0.4 is 14.3 Å². The van der Waals surface area contributed by atoms with Gasteiger partial charge in [0.15, 0.2) is 0 Å². The summed E-state index contributed by atoms with van der Waals surface area (Å²) in [6.07, 6.45) is 1.47. The Hall–Kier alpha value is -2.09. The quantitative estimate of drug-likeness (QED) is 0.845. The molecule has 8 heteroatoms. The maximum Gasteiger partial charge on any atom is 0.326 e. The van der Waals surface area contributed by atoms with Gasteiger partial charge in [-0.3, -0.25) is 13.9 Å². The van der Waals surface area contributed by atoms with E-state index in [0.717, 1.165) is 12.0 Å². The average Bonchev–Trinajstić information content (AvgIpc) is 2.45. The highest BCUT2D eigenvalue weighted by Gasteiger charge is 2.34. The van der Waals surface area contributed by atoms with Crippen LogP contribution in [-0.4, -0.2) is 32.3 Å². The van der Waals surface area contributed by atoms with Gasteiger partial charge in [0, 0.05) is 13.0 Å². The second-order valence-corrected chi connectivity index (χ2v) is 7.25. The molecule has 0 saturated carbocycles. The summed E-state index contributed by atoms with van der Waals surface area (Å²) in [5.74, 6) is -1.17. The van der Waals surface area contributed by atoms with Crippen LogP contribution in [0.3, 0.4) is 0 Å². The van der Waals surface area contributed by atoms with E-state index in [4.69, 9.17) is 0 Å². The molecule has 126 valence electrons. The maximum atomic E-state index is 12.6. The summed E-state index contributed by atoms with van der Waals surface area (Å²) in [4.78, 5) is 23.0. The van der Waals surface area contributed by atoms with Gasteiger partial charge in [-0.25, -0.2) is 4.72 Å². The number of hydrogen-bond acceptors (Lipinski definition) is 4. The number of para-hydroxylation sites is 1. The second-order valence-electron chi connectivity index (χ2n) is 5.71. The largest absolute Gasteiger partial charge is 0.345 e. The number of rotatable bonds is 4. The summed E-state index contributed by atoms with van der Waals surface area (Å²) in [6.45, 7) is 4.50. The highest BCUT2D eigenvalue weighted by atomic mass is 32.2. The number of aryl methyl sites for hydroxylation is 1. The molecule has 1 aliphatic heterocycles. The Bertz CT molecular complexity index is 717. The molecule has 0 fully saturated rings. The lowest BCUT2D eigenvalue weighted by atomic mass is 9.99. The zero-order valence-corrected chi connectivity index (χ0v) is 14.2. The third-order valence-corrected chi connectivity index (χ3v) is 5.30. The fourth-order valence-electron chi connectivity index (χ4n) is 2.66. The maximum absolute atomic E-state index is 12.6. The predicted molar refractivity (Wildman–Crippen MR) is 87.0 cm³/mol. The Morgan fingerprint density at radius 3 is 2.61 bits per heavy atom. The third-order valence-electron chi connectivity index (χ3n) is 3.76. The van der Waals surface area contributed by atoms with Gasteiger partial charge < -0.3 is 5.32 Å². The van der Waals surface area contributed by atoms with E-state index in [-0.39, 0.29) is 6.04 Å². The van der Waals surface area contributed by atoms with Crippen molar-refractivity contribution in [3.05, 3.63) is 29.8 Å². The van der Waals surface area contributed by atoms with Crippen molar-refractivity contribution in [3.63, 3.8) is 0 Å². The second kappa shape index (κ2) is 6.57. The van der Waals surface area contributed by atoms with Crippen LogP contribution in [0, 0.1) is 0 Å². The Morgan fingerprint density at radius 1 is 1.30 bits per heavy atom. The van der Waals surface area contributed by atoms with Gasteiger partial charge in [-0.05, 0) is 38.3 Å². The predicted octanol–water partition coefficient (Wildman–Crippen LogP) is 0.713. The number of fused-ring (bicyclic) bond motifs is 1. The molecule has 1 aromatic carbocycles. The average molecular weight is 339 g/mol. The van der Waals surface area contributed by atoms with Crippen LogP contribution in [0.2, 0.25) is 0 Å². The fraction of sp³-hybridized carbons (Fsp3) is 0.467. The number of hydrogen-bond donors (Lipinski definition) is 2. The van der Waals surface area contributed by atoms with Gasteiger partial charge in [-0.1, -0.05) is 18.2 Å². The molecule has 1 aromatic rings. The number of nitrogens with one attached hydrogen (secondary N) is 2. The Morgan fingerprint density at radius 2 is 1.96 bits per heavy atom. The molecule has 2 N–H and O–H groups in total. The van der Waals surface area contributed by atoms with E-state index in [2.05, 4.69) is 5.32 Å². The summed E-state index contributed by atoms with van der Waals surface area (Å²) >= 11 is 0. The monoisotopic (exact) mass is 339 g/mol. The van der Waals surface area contributed by atoms with E-state index in [9.17, 15) is 18.0 Å². The summed E-state index contributed by atoms with van der Waals surface area (Å²) in [6, 6.07) is 6.04. The van der Waals surface area contributed by atoms with E-state index in [1.165, 1.54) is 18.2 Å². The van der Waals surface area contributed by atoms with Gasteiger partial charge in [-0.2, -0.15) is 8.42 Å². The number of amides is 2. The van der Waals surface area contributed by atoms with Gasteiger partial charge in [0.05, 0.1) is 5.69 Å². The molecule has 0 aliphatic carbocycles.